The third kappa shape index (κ3) is 4.71. The summed E-state index contributed by atoms with van der Waals surface area (Å²) in [5.41, 5.74) is 5.57. The molecular weight excluding hydrogens is 324 g/mol. The molecule has 26 heavy (non-hydrogen) atoms. The quantitative estimate of drug-likeness (QED) is 0.893. The Morgan fingerprint density at radius 2 is 1.77 bits per heavy atom. The molecule has 1 aliphatic heterocycles. The van der Waals surface area contributed by atoms with E-state index in [4.69, 9.17) is 4.74 Å². The third-order valence-electron chi connectivity index (χ3n) is 5.10. The largest absolute Gasteiger partial charge is 0.379 e. The number of nitrogens with zero attached hydrogens (tertiary/aromatic N) is 1. The van der Waals surface area contributed by atoms with Crippen LogP contribution in [0.25, 0.3) is 0 Å². The second-order valence-corrected chi connectivity index (χ2v) is 7.12. The molecule has 1 amide bonds. The summed E-state index contributed by atoms with van der Waals surface area (Å²) in [4.78, 5) is 14.9. The highest BCUT2D eigenvalue weighted by Crippen LogP contribution is 2.17. The summed E-state index contributed by atoms with van der Waals surface area (Å²) in [6.45, 7) is 10.7. The molecule has 1 unspecified atom stereocenters. The van der Waals surface area contributed by atoms with Crippen molar-refractivity contribution < 1.29 is 9.53 Å². The first kappa shape index (κ1) is 18.6. The van der Waals surface area contributed by atoms with E-state index >= 15 is 0 Å². The van der Waals surface area contributed by atoms with Crippen molar-refractivity contribution in [2.24, 2.45) is 0 Å². The van der Waals surface area contributed by atoms with Gasteiger partial charge in [0.2, 0.25) is 0 Å². The Labute approximate surface area is 156 Å². The van der Waals surface area contributed by atoms with Crippen LogP contribution in [0.2, 0.25) is 0 Å². The van der Waals surface area contributed by atoms with E-state index in [9.17, 15) is 4.79 Å². The van der Waals surface area contributed by atoms with E-state index in [0.717, 1.165) is 38.4 Å². The lowest BCUT2D eigenvalue weighted by atomic mass is 10.0. The van der Waals surface area contributed by atoms with Crippen LogP contribution in [0.3, 0.4) is 0 Å². The molecule has 0 saturated carbocycles. The van der Waals surface area contributed by atoms with Crippen LogP contribution in [0, 0.1) is 13.8 Å². The molecule has 1 aliphatic rings. The number of carbonyl (C=O) groups excluding carboxylic acids is 1. The van der Waals surface area contributed by atoms with E-state index in [-0.39, 0.29) is 11.9 Å². The molecular formula is C22H28N2O2. The Morgan fingerprint density at radius 1 is 1.08 bits per heavy atom. The van der Waals surface area contributed by atoms with E-state index in [0.29, 0.717) is 5.56 Å². The van der Waals surface area contributed by atoms with Crippen LogP contribution >= 0.6 is 0 Å². The number of hydrogen-bond donors (Lipinski definition) is 1. The van der Waals surface area contributed by atoms with Gasteiger partial charge in [0.25, 0.3) is 5.91 Å². The summed E-state index contributed by atoms with van der Waals surface area (Å²) < 4.78 is 5.38. The Bertz CT molecular complexity index is 749. The molecule has 1 fully saturated rings. The fourth-order valence-corrected chi connectivity index (χ4v) is 3.18. The number of ether oxygens (including phenoxy) is 1. The van der Waals surface area contributed by atoms with Gasteiger partial charge in [0.05, 0.1) is 19.3 Å². The molecule has 0 spiro atoms. The molecule has 1 atom stereocenters. The second kappa shape index (κ2) is 8.47. The van der Waals surface area contributed by atoms with Gasteiger partial charge in [-0.15, -0.1) is 0 Å². The van der Waals surface area contributed by atoms with Gasteiger partial charge in [-0.05, 0) is 55.2 Å². The molecule has 0 radical (unpaired) electrons. The van der Waals surface area contributed by atoms with Crippen molar-refractivity contribution in [3.8, 4) is 0 Å². The van der Waals surface area contributed by atoms with Crippen molar-refractivity contribution in [3.05, 3.63) is 70.3 Å². The minimum Gasteiger partial charge on any atom is -0.379 e. The lowest BCUT2D eigenvalue weighted by Crippen LogP contribution is -2.35. The van der Waals surface area contributed by atoms with E-state index in [1.165, 1.54) is 16.7 Å². The van der Waals surface area contributed by atoms with E-state index in [2.05, 4.69) is 42.3 Å². The topological polar surface area (TPSA) is 41.6 Å². The summed E-state index contributed by atoms with van der Waals surface area (Å²) in [5.74, 6) is -0.0337. The molecule has 4 nitrogen and oxygen atoms in total. The molecule has 4 heteroatoms. The van der Waals surface area contributed by atoms with Crippen LogP contribution in [0.15, 0.2) is 42.5 Å². The number of morpholine rings is 1. The SMILES string of the molecule is Cc1ccc(C(C)NC(=O)c2ccc(CN3CCOCC3)cc2)cc1C. The van der Waals surface area contributed by atoms with Gasteiger partial charge < -0.3 is 10.1 Å². The van der Waals surface area contributed by atoms with Crippen LogP contribution in [-0.4, -0.2) is 37.1 Å². The van der Waals surface area contributed by atoms with E-state index < -0.39 is 0 Å². The standard InChI is InChI=1S/C22H28N2O2/c1-16-4-7-21(14-17(16)2)18(3)23-22(25)20-8-5-19(6-9-20)15-24-10-12-26-13-11-24/h4-9,14,18H,10-13,15H2,1-3H3,(H,23,25). The number of benzene rings is 2. The van der Waals surface area contributed by atoms with Crippen LogP contribution in [0.5, 0.6) is 0 Å². The maximum Gasteiger partial charge on any atom is 0.251 e. The van der Waals surface area contributed by atoms with Gasteiger partial charge in [0.1, 0.15) is 0 Å². The average Bonchev–Trinajstić information content (AvgIpc) is 2.65. The molecule has 3 rings (SSSR count). The highest BCUT2D eigenvalue weighted by molar-refractivity contribution is 5.94. The first-order valence-electron chi connectivity index (χ1n) is 9.30. The zero-order valence-corrected chi connectivity index (χ0v) is 15.9. The number of rotatable bonds is 5. The molecule has 138 valence electrons. The maximum atomic E-state index is 12.5. The predicted molar refractivity (Wildman–Crippen MR) is 104 cm³/mol. The van der Waals surface area contributed by atoms with Gasteiger partial charge in [-0.2, -0.15) is 0 Å². The van der Waals surface area contributed by atoms with Crippen molar-refractivity contribution >= 4 is 5.91 Å². The summed E-state index contributed by atoms with van der Waals surface area (Å²) in [6, 6.07) is 14.2. The van der Waals surface area contributed by atoms with Crippen LogP contribution in [0.4, 0.5) is 0 Å². The summed E-state index contributed by atoms with van der Waals surface area (Å²) in [7, 11) is 0. The van der Waals surface area contributed by atoms with Gasteiger partial charge in [-0.3, -0.25) is 9.69 Å². The van der Waals surface area contributed by atoms with Gasteiger partial charge in [-0.1, -0.05) is 30.3 Å². The second-order valence-electron chi connectivity index (χ2n) is 7.12. The predicted octanol–water partition coefficient (Wildman–Crippen LogP) is 3.63. The van der Waals surface area contributed by atoms with E-state index in [1.54, 1.807) is 0 Å². The smallest absolute Gasteiger partial charge is 0.251 e. The Kier molecular flexibility index (Phi) is 6.07. The van der Waals surface area contributed by atoms with E-state index in [1.807, 2.05) is 31.2 Å². The summed E-state index contributed by atoms with van der Waals surface area (Å²) >= 11 is 0. The Balaban J connectivity index is 1.59. The molecule has 2 aromatic carbocycles. The van der Waals surface area contributed by atoms with Gasteiger partial charge >= 0.3 is 0 Å². The molecule has 1 heterocycles. The van der Waals surface area contributed by atoms with Gasteiger partial charge in [0.15, 0.2) is 0 Å². The fraction of sp³-hybridized carbons (Fsp3) is 0.409. The number of aryl methyl sites for hydroxylation is 2. The maximum absolute atomic E-state index is 12.5. The number of hydrogen-bond acceptors (Lipinski definition) is 3. The molecule has 0 aromatic heterocycles. The Hall–Kier alpha value is -2.17. The van der Waals surface area contributed by atoms with Crippen molar-refractivity contribution in [2.75, 3.05) is 26.3 Å². The lowest BCUT2D eigenvalue weighted by molar-refractivity contribution is 0.0342. The Morgan fingerprint density at radius 3 is 2.42 bits per heavy atom. The first-order chi connectivity index (χ1) is 12.5. The molecule has 1 N–H and O–H groups in total. The molecule has 1 saturated heterocycles. The van der Waals surface area contributed by atoms with Crippen LogP contribution in [0.1, 0.15) is 45.6 Å². The van der Waals surface area contributed by atoms with Crippen molar-refractivity contribution in [3.63, 3.8) is 0 Å². The molecule has 0 bridgehead atoms. The highest BCUT2D eigenvalue weighted by atomic mass is 16.5. The summed E-state index contributed by atoms with van der Waals surface area (Å²) in [5, 5.41) is 3.09. The molecule has 2 aromatic rings. The molecule has 0 aliphatic carbocycles. The lowest BCUT2D eigenvalue weighted by Gasteiger charge is -2.26. The first-order valence-corrected chi connectivity index (χ1v) is 9.30. The number of amides is 1. The van der Waals surface area contributed by atoms with Gasteiger partial charge in [0, 0.05) is 25.2 Å². The van der Waals surface area contributed by atoms with Gasteiger partial charge in [-0.25, -0.2) is 0 Å². The van der Waals surface area contributed by atoms with Crippen molar-refractivity contribution in [1.29, 1.82) is 0 Å². The minimum atomic E-state index is -0.0337. The van der Waals surface area contributed by atoms with Crippen molar-refractivity contribution in [1.82, 2.24) is 10.2 Å². The average molecular weight is 352 g/mol. The van der Waals surface area contributed by atoms with Crippen LogP contribution in [-0.2, 0) is 11.3 Å². The zero-order valence-electron chi connectivity index (χ0n) is 15.9. The number of nitrogens with one attached hydrogen (secondary N) is 1. The minimum absolute atomic E-state index is 0.0187. The van der Waals surface area contributed by atoms with Crippen LogP contribution < -0.4 is 5.32 Å². The normalized spacial score (nSPS) is 16.3. The summed E-state index contributed by atoms with van der Waals surface area (Å²) in [6.07, 6.45) is 0. The zero-order chi connectivity index (χ0) is 18.5. The fourth-order valence-electron chi connectivity index (χ4n) is 3.18. The number of carbonyl (C=O) groups is 1. The highest BCUT2D eigenvalue weighted by Gasteiger charge is 2.13. The van der Waals surface area contributed by atoms with Crippen molar-refractivity contribution in [2.45, 2.75) is 33.4 Å². The third-order valence-corrected chi connectivity index (χ3v) is 5.10. The monoisotopic (exact) mass is 352 g/mol.